The van der Waals surface area contributed by atoms with Gasteiger partial charge in [0.2, 0.25) is 5.88 Å². The SMILES string of the molecule is C[C@@H]1CN(c2cc(OCc3ccccc3)nc3cc(CC#N)nn23)[C@@H](C)CN1C(=O)OC(C)(C)C. The van der Waals surface area contributed by atoms with Crippen LogP contribution in [0.2, 0.25) is 0 Å². The largest absolute Gasteiger partial charge is 0.473 e. The van der Waals surface area contributed by atoms with Gasteiger partial charge in [-0.1, -0.05) is 30.3 Å². The summed E-state index contributed by atoms with van der Waals surface area (Å²) >= 11 is 0. The van der Waals surface area contributed by atoms with Crippen molar-refractivity contribution >= 4 is 17.6 Å². The lowest BCUT2D eigenvalue weighted by Gasteiger charge is -2.45. The van der Waals surface area contributed by atoms with Crippen LogP contribution in [-0.4, -0.2) is 56.4 Å². The Morgan fingerprint density at radius 3 is 2.57 bits per heavy atom. The molecule has 0 unspecified atom stereocenters. The third kappa shape index (κ3) is 5.65. The highest BCUT2D eigenvalue weighted by molar-refractivity contribution is 5.69. The van der Waals surface area contributed by atoms with Gasteiger partial charge in [0, 0.05) is 37.3 Å². The van der Waals surface area contributed by atoms with E-state index in [4.69, 9.17) is 14.7 Å². The second kappa shape index (κ2) is 9.82. The Bertz CT molecular complexity index is 1230. The van der Waals surface area contributed by atoms with Gasteiger partial charge in [0.15, 0.2) is 5.65 Å². The molecule has 1 saturated heterocycles. The molecule has 1 fully saturated rings. The molecule has 1 aromatic carbocycles. The maximum absolute atomic E-state index is 12.8. The summed E-state index contributed by atoms with van der Waals surface area (Å²) in [7, 11) is 0. The molecular weight excluding hydrogens is 444 g/mol. The molecule has 0 spiro atoms. The van der Waals surface area contributed by atoms with Gasteiger partial charge in [-0.2, -0.15) is 19.9 Å². The first-order chi connectivity index (χ1) is 16.6. The Balaban J connectivity index is 1.63. The molecule has 9 nitrogen and oxygen atoms in total. The van der Waals surface area contributed by atoms with Gasteiger partial charge < -0.3 is 19.3 Å². The Kier molecular flexibility index (Phi) is 6.83. The molecule has 0 bridgehead atoms. The number of nitrogens with zero attached hydrogens (tertiary/aromatic N) is 6. The number of piperazine rings is 1. The van der Waals surface area contributed by atoms with Gasteiger partial charge in [-0.25, -0.2) is 4.79 Å². The number of carbonyl (C=O) groups is 1. The van der Waals surface area contributed by atoms with E-state index in [0.29, 0.717) is 36.9 Å². The smallest absolute Gasteiger partial charge is 0.410 e. The van der Waals surface area contributed by atoms with Crippen LogP contribution in [0.25, 0.3) is 5.65 Å². The number of amides is 1. The summed E-state index contributed by atoms with van der Waals surface area (Å²) < 4.78 is 13.4. The predicted octanol–water partition coefficient (Wildman–Crippen LogP) is 4.21. The number of hydrogen-bond acceptors (Lipinski definition) is 7. The summed E-state index contributed by atoms with van der Waals surface area (Å²) in [6, 6.07) is 15.7. The minimum atomic E-state index is -0.550. The number of carbonyl (C=O) groups excluding carboxylic acids is 1. The number of fused-ring (bicyclic) bond motifs is 1. The number of hydrogen-bond donors (Lipinski definition) is 0. The van der Waals surface area contributed by atoms with Crippen LogP contribution >= 0.6 is 0 Å². The second-order valence-electron chi connectivity index (χ2n) is 9.95. The first kappa shape index (κ1) is 24.3. The molecule has 1 amide bonds. The Labute approximate surface area is 205 Å². The summed E-state index contributed by atoms with van der Waals surface area (Å²) in [6.07, 6.45) is -0.111. The monoisotopic (exact) mass is 476 g/mol. The molecule has 3 aromatic rings. The summed E-state index contributed by atoms with van der Waals surface area (Å²) in [5, 5.41) is 13.8. The van der Waals surface area contributed by atoms with Crippen LogP contribution < -0.4 is 9.64 Å². The van der Waals surface area contributed by atoms with Crippen molar-refractivity contribution in [3.8, 4) is 11.9 Å². The molecule has 0 radical (unpaired) electrons. The average molecular weight is 477 g/mol. The zero-order chi connectivity index (χ0) is 25.2. The number of ether oxygens (including phenoxy) is 2. The van der Waals surface area contributed by atoms with Crippen molar-refractivity contribution in [3.63, 3.8) is 0 Å². The third-order valence-corrected chi connectivity index (χ3v) is 5.83. The lowest BCUT2D eigenvalue weighted by atomic mass is 10.1. The van der Waals surface area contributed by atoms with Gasteiger partial charge in [-0.3, -0.25) is 0 Å². The summed E-state index contributed by atoms with van der Waals surface area (Å²) in [4.78, 5) is 21.4. The van der Waals surface area contributed by atoms with Crippen molar-refractivity contribution in [2.24, 2.45) is 0 Å². The van der Waals surface area contributed by atoms with Crippen molar-refractivity contribution in [3.05, 3.63) is 53.7 Å². The van der Waals surface area contributed by atoms with E-state index in [1.165, 1.54) is 0 Å². The highest BCUT2D eigenvalue weighted by atomic mass is 16.6. The Morgan fingerprint density at radius 1 is 1.14 bits per heavy atom. The molecule has 0 aliphatic carbocycles. The van der Waals surface area contributed by atoms with Gasteiger partial charge in [0.1, 0.15) is 18.0 Å². The van der Waals surface area contributed by atoms with Gasteiger partial charge in [-0.05, 0) is 40.2 Å². The Hall–Kier alpha value is -3.80. The van der Waals surface area contributed by atoms with E-state index in [1.807, 2.05) is 70.2 Å². The Morgan fingerprint density at radius 2 is 1.89 bits per heavy atom. The molecule has 4 rings (SSSR count). The molecule has 1 aliphatic heterocycles. The minimum absolute atomic E-state index is 0.00471. The van der Waals surface area contributed by atoms with E-state index >= 15 is 0 Å². The van der Waals surface area contributed by atoms with E-state index in [0.717, 1.165) is 11.4 Å². The fourth-order valence-electron chi connectivity index (χ4n) is 4.18. The third-order valence-electron chi connectivity index (χ3n) is 5.83. The van der Waals surface area contributed by atoms with Crippen molar-refractivity contribution in [1.82, 2.24) is 19.5 Å². The number of aromatic nitrogens is 3. The lowest BCUT2D eigenvalue weighted by Crippen LogP contribution is -2.59. The summed E-state index contributed by atoms with van der Waals surface area (Å²) in [6.45, 7) is 11.2. The molecule has 0 N–H and O–H groups in total. The molecule has 3 heterocycles. The number of rotatable bonds is 5. The molecule has 2 aromatic heterocycles. The van der Waals surface area contributed by atoms with Crippen molar-refractivity contribution in [2.75, 3.05) is 18.0 Å². The summed E-state index contributed by atoms with van der Waals surface area (Å²) in [5.74, 6) is 1.29. The molecule has 184 valence electrons. The molecular formula is C26H32N6O3. The van der Waals surface area contributed by atoms with Gasteiger partial charge in [0.05, 0.1) is 18.2 Å². The molecule has 9 heteroatoms. The normalized spacial score (nSPS) is 18.4. The average Bonchev–Trinajstić information content (AvgIpc) is 3.20. The fourth-order valence-corrected chi connectivity index (χ4v) is 4.18. The summed E-state index contributed by atoms with van der Waals surface area (Å²) in [5.41, 5.74) is 1.76. The number of nitriles is 1. The number of benzene rings is 1. The highest BCUT2D eigenvalue weighted by Crippen LogP contribution is 2.28. The first-order valence-corrected chi connectivity index (χ1v) is 11.8. The van der Waals surface area contributed by atoms with Crippen molar-refractivity contribution < 1.29 is 14.3 Å². The molecule has 35 heavy (non-hydrogen) atoms. The van der Waals surface area contributed by atoms with Crippen LogP contribution in [0.5, 0.6) is 5.88 Å². The molecule has 0 saturated carbocycles. The van der Waals surface area contributed by atoms with E-state index in [2.05, 4.69) is 28.0 Å². The van der Waals surface area contributed by atoms with Crippen LogP contribution in [-0.2, 0) is 17.8 Å². The predicted molar refractivity (Wildman–Crippen MR) is 132 cm³/mol. The lowest BCUT2D eigenvalue weighted by molar-refractivity contribution is 0.0129. The highest BCUT2D eigenvalue weighted by Gasteiger charge is 2.35. The van der Waals surface area contributed by atoms with Crippen LogP contribution in [0.1, 0.15) is 45.9 Å². The maximum atomic E-state index is 12.8. The van der Waals surface area contributed by atoms with Crippen LogP contribution in [0.15, 0.2) is 42.5 Å². The van der Waals surface area contributed by atoms with Crippen LogP contribution in [0, 0.1) is 11.3 Å². The quantitative estimate of drug-likeness (QED) is 0.544. The van der Waals surface area contributed by atoms with Crippen LogP contribution in [0.3, 0.4) is 0 Å². The zero-order valence-corrected chi connectivity index (χ0v) is 20.9. The number of anilines is 1. The van der Waals surface area contributed by atoms with E-state index in [1.54, 1.807) is 9.42 Å². The molecule has 1 aliphatic rings. The van der Waals surface area contributed by atoms with Crippen molar-refractivity contribution in [2.45, 2.75) is 65.3 Å². The second-order valence-corrected chi connectivity index (χ2v) is 9.95. The van der Waals surface area contributed by atoms with E-state index < -0.39 is 5.60 Å². The minimum Gasteiger partial charge on any atom is -0.473 e. The maximum Gasteiger partial charge on any atom is 0.410 e. The van der Waals surface area contributed by atoms with E-state index in [9.17, 15) is 4.79 Å². The van der Waals surface area contributed by atoms with Crippen molar-refractivity contribution in [1.29, 1.82) is 5.26 Å². The van der Waals surface area contributed by atoms with Crippen LogP contribution in [0.4, 0.5) is 10.6 Å². The van der Waals surface area contributed by atoms with Gasteiger partial charge in [-0.15, -0.1) is 0 Å². The zero-order valence-electron chi connectivity index (χ0n) is 20.9. The topological polar surface area (TPSA) is 96.0 Å². The van der Waals surface area contributed by atoms with Gasteiger partial charge >= 0.3 is 6.09 Å². The first-order valence-electron chi connectivity index (χ1n) is 11.8. The molecule has 2 atom stereocenters. The standard InChI is InChI=1S/C26H32N6O3/c1-18-16-31(25(33)35-26(3,4)5)19(2)15-30(18)24-14-23(34-17-20-9-7-6-8-10-20)28-22-13-21(11-12-27)29-32(22)24/h6-10,13-14,18-19H,11,15-17H2,1-5H3/t18-,19+/m0/s1. The van der Waals surface area contributed by atoms with Gasteiger partial charge in [0.25, 0.3) is 0 Å². The van der Waals surface area contributed by atoms with E-state index in [-0.39, 0.29) is 24.6 Å². The fraction of sp³-hybridized carbons (Fsp3) is 0.462.